The Morgan fingerprint density at radius 3 is 2.44 bits per heavy atom. The van der Waals surface area contributed by atoms with Crippen LogP contribution in [0.25, 0.3) is 5.70 Å². The van der Waals surface area contributed by atoms with Crippen LogP contribution in [0.2, 0.25) is 0 Å². The molecule has 0 N–H and O–H groups in total. The standard InChI is InChI=1S/C13H17N2O/c1-14(2)11-6-8-15(9-7-11)12-4-3-5-13(16)10-12/h6-10H,3-5H2,1-2H3/q+1. The molecule has 0 amide bonds. The molecule has 0 saturated carbocycles. The summed E-state index contributed by atoms with van der Waals surface area (Å²) in [6.07, 6.45) is 8.43. The number of allylic oxidation sites excluding steroid dienone is 2. The van der Waals surface area contributed by atoms with Crippen LogP contribution in [0.3, 0.4) is 0 Å². The van der Waals surface area contributed by atoms with Crippen molar-refractivity contribution in [1.82, 2.24) is 0 Å². The van der Waals surface area contributed by atoms with Gasteiger partial charge in [-0.3, -0.25) is 4.79 Å². The van der Waals surface area contributed by atoms with Crippen LogP contribution in [0.1, 0.15) is 19.3 Å². The molecular weight excluding hydrogens is 200 g/mol. The molecule has 3 heteroatoms. The summed E-state index contributed by atoms with van der Waals surface area (Å²) < 4.78 is 2.03. The summed E-state index contributed by atoms with van der Waals surface area (Å²) in [5.41, 5.74) is 2.26. The molecule has 0 fully saturated rings. The maximum Gasteiger partial charge on any atom is 0.190 e. The SMILES string of the molecule is CN(C)c1cc[n+](C2=CC(=O)CCC2)cc1. The molecule has 0 saturated heterocycles. The van der Waals surface area contributed by atoms with Crippen LogP contribution in [-0.4, -0.2) is 19.9 Å². The number of rotatable bonds is 2. The number of ketones is 1. The van der Waals surface area contributed by atoms with Gasteiger partial charge in [-0.05, 0) is 6.42 Å². The van der Waals surface area contributed by atoms with Gasteiger partial charge in [0.2, 0.25) is 0 Å². The lowest BCUT2D eigenvalue weighted by Crippen LogP contribution is -2.33. The number of pyridine rings is 1. The number of hydrogen-bond donors (Lipinski definition) is 0. The average Bonchev–Trinajstić information content (AvgIpc) is 2.29. The zero-order valence-corrected chi connectivity index (χ0v) is 9.81. The minimum Gasteiger partial charge on any atom is -0.377 e. The quantitative estimate of drug-likeness (QED) is 0.703. The number of carbonyl (C=O) groups excluding carboxylic acids is 1. The van der Waals surface area contributed by atoms with E-state index in [4.69, 9.17) is 0 Å². The highest BCUT2D eigenvalue weighted by Crippen LogP contribution is 2.15. The molecule has 0 atom stereocenters. The molecule has 1 heterocycles. The molecule has 2 rings (SSSR count). The van der Waals surface area contributed by atoms with Crippen molar-refractivity contribution in [1.29, 1.82) is 0 Å². The fourth-order valence-corrected chi connectivity index (χ4v) is 1.89. The Balaban J connectivity index is 2.24. The second-order valence-corrected chi connectivity index (χ2v) is 4.31. The monoisotopic (exact) mass is 217 g/mol. The van der Waals surface area contributed by atoms with Gasteiger partial charge in [0.05, 0.1) is 0 Å². The van der Waals surface area contributed by atoms with Gasteiger partial charge >= 0.3 is 0 Å². The van der Waals surface area contributed by atoms with E-state index >= 15 is 0 Å². The second kappa shape index (κ2) is 4.47. The first-order valence-electron chi connectivity index (χ1n) is 5.59. The molecule has 1 aromatic heterocycles. The maximum absolute atomic E-state index is 11.3. The minimum atomic E-state index is 0.241. The van der Waals surface area contributed by atoms with Crippen molar-refractivity contribution in [2.45, 2.75) is 19.3 Å². The molecule has 16 heavy (non-hydrogen) atoms. The van der Waals surface area contributed by atoms with Crippen LogP contribution in [0, 0.1) is 0 Å². The number of carbonyl (C=O) groups is 1. The van der Waals surface area contributed by atoms with E-state index in [1.54, 1.807) is 6.08 Å². The van der Waals surface area contributed by atoms with Crippen LogP contribution in [0.5, 0.6) is 0 Å². The highest BCUT2D eigenvalue weighted by atomic mass is 16.1. The van der Waals surface area contributed by atoms with Crippen molar-refractivity contribution in [2.24, 2.45) is 0 Å². The molecule has 1 aliphatic carbocycles. The normalized spacial score (nSPS) is 15.9. The van der Waals surface area contributed by atoms with E-state index in [1.807, 2.05) is 31.1 Å². The number of hydrogen-bond acceptors (Lipinski definition) is 2. The molecule has 1 aliphatic rings. The van der Waals surface area contributed by atoms with Crippen LogP contribution < -0.4 is 9.47 Å². The number of aromatic nitrogens is 1. The zero-order valence-electron chi connectivity index (χ0n) is 9.81. The van der Waals surface area contributed by atoms with E-state index in [1.165, 1.54) is 5.69 Å². The average molecular weight is 217 g/mol. The van der Waals surface area contributed by atoms with E-state index in [9.17, 15) is 4.79 Å². The van der Waals surface area contributed by atoms with Crippen molar-refractivity contribution in [3.05, 3.63) is 30.6 Å². The molecule has 1 aromatic rings. The molecule has 0 radical (unpaired) electrons. The molecule has 0 aliphatic heterocycles. The molecular formula is C13H17N2O+. The highest BCUT2D eigenvalue weighted by molar-refractivity contribution is 5.94. The van der Waals surface area contributed by atoms with E-state index < -0.39 is 0 Å². The van der Waals surface area contributed by atoms with Gasteiger partial charge in [-0.1, -0.05) is 0 Å². The van der Waals surface area contributed by atoms with Crippen LogP contribution >= 0.6 is 0 Å². The molecule has 84 valence electrons. The van der Waals surface area contributed by atoms with Gasteiger partial charge < -0.3 is 4.90 Å². The van der Waals surface area contributed by atoms with Gasteiger partial charge in [-0.15, -0.1) is 0 Å². The fourth-order valence-electron chi connectivity index (χ4n) is 1.89. The second-order valence-electron chi connectivity index (χ2n) is 4.31. The Hall–Kier alpha value is -1.64. The largest absolute Gasteiger partial charge is 0.377 e. The Labute approximate surface area is 96.0 Å². The predicted molar refractivity (Wildman–Crippen MR) is 64.1 cm³/mol. The van der Waals surface area contributed by atoms with Gasteiger partial charge in [0, 0.05) is 50.8 Å². The van der Waals surface area contributed by atoms with Crippen molar-refractivity contribution in [3.63, 3.8) is 0 Å². The van der Waals surface area contributed by atoms with E-state index in [0.717, 1.165) is 18.5 Å². The van der Waals surface area contributed by atoms with E-state index in [2.05, 4.69) is 17.0 Å². The van der Waals surface area contributed by atoms with Crippen molar-refractivity contribution >= 4 is 17.2 Å². The summed E-state index contributed by atoms with van der Waals surface area (Å²) in [7, 11) is 4.03. The minimum absolute atomic E-state index is 0.241. The molecule has 0 aromatic carbocycles. The first kappa shape index (κ1) is 10.9. The topological polar surface area (TPSA) is 24.2 Å². The van der Waals surface area contributed by atoms with Crippen LogP contribution in [0.4, 0.5) is 5.69 Å². The Bertz CT molecular complexity index is 418. The Morgan fingerprint density at radius 1 is 1.19 bits per heavy atom. The molecule has 3 nitrogen and oxygen atoms in total. The smallest absolute Gasteiger partial charge is 0.190 e. The lowest BCUT2D eigenvalue weighted by Gasteiger charge is -2.11. The third kappa shape index (κ3) is 2.30. The lowest BCUT2D eigenvalue weighted by atomic mass is 10.0. The van der Waals surface area contributed by atoms with Crippen molar-refractivity contribution < 1.29 is 9.36 Å². The van der Waals surface area contributed by atoms with E-state index in [0.29, 0.717) is 6.42 Å². The number of nitrogens with zero attached hydrogens (tertiary/aromatic N) is 2. The third-order valence-corrected chi connectivity index (χ3v) is 2.84. The van der Waals surface area contributed by atoms with Gasteiger partial charge in [-0.2, -0.15) is 4.57 Å². The van der Waals surface area contributed by atoms with Gasteiger partial charge in [0.25, 0.3) is 0 Å². The van der Waals surface area contributed by atoms with E-state index in [-0.39, 0.29) is 5.78 Å². The fraction of sp³-hybridized carbons (Fsp3) is 0.385. The Kier molecular flexibility index (Phi) is 3.04. The first-order chi connectivity index (χ1) is 7.66. The van der Waals surface area contributed by atoms with Gasteiger partial charge in [0.15, 0.2) is 23.9 Å². The molecule has 0 unspecified atom stereocenters. The summed E-state index contributed by atoms with van der Waals surface area (Å²) in [4.78, 5) is 13.4. The number of anilines is 1. The third-order valence-electron chi connectivity index (χ3n) is 2.84. The zero-order chi connectivity index (χ0) is 11.5. The molecule has 0 bridgehead atoms. The summed E-state index contributed by atoms with van der Waals surface area (Å²) in [5.74, 6) is 0.241. The lowest BCUT2D eigenvalue weighted by molar-refractivity contribution is -0.583. The summed E-state index contributed by atoms with van der Waals surface area (Å²) in [6, 6.07) is 4.11. The highest BCUT2D eigenvalue weighted by Gasteiger charge is 2.17. The molecule has 0 spiro atoms. The Morgan fingerprint density at radius 2 is 1.88 bits per heavy atom. The summed E-state index contributed by atoms with van der Waals surface area (Å²) in [5, 5.41) is 0. The van der Waals surface area contributed by atoms with Crippen molar-refractivity contribution in [2.75, 3.05) is 19.0 Å². The maximum atomic E-state index is 11.3. The first-order valence-corrected chi connectivity index (χ1v) is 5.59. The predicted octanol–water partition coefficient (Wildman–Crippen LogP) is 1.63. The van der Waals surface area contributed by atoms with Crippen LogP contribution in [-0.2, 0) is 4.79 Å². The van der Waals surface area contributed by atoms with Crippen LogP contribution in [0.15, 0.2) is 30.6 Å². The van der Waals surface area contributed by atoms with Gasteiger partial charge in [-0.25, -0.2) is 0 Å². The summed E-state index contributed by atoms with van der Waals surface area (Å²) >= 11 is 0. The van der Waals surface area contributed by atoms with Gasteiger partial charge in [0.1, 0.15) is 0 Å². The summed E-state index contributed by atoms with van der Waals surface area (Å²) in [6.45, 7) is 0. The van der Waals surface area contributed by atoms with Crippen molar-refractivity contribution in [3.8, 4) is 0 Å².